The van der Waals surface area contributed by atoms with Crippen LogP contribution in [0.25, 0.3) is 0 Å². The van der Waals surface area contributed by atoms with Crippen LogP contribution in [0, 0.1) is 0 Å². The third-order valence-electron chi connectivity index (χ3n) is 4.35. The van der Waals surface area contributed by atoms with E-state index >= 15 is 0 Å². The van der Waals surface area contributed by atoms with Crippen molar-refractivity contribution in [2.75, 3.05) is 36.4 Å². The van der Waals surface area contributed by atoms with Crippen LogP contribution in [-0.2, 0) is 0 Å². The smallest absolute Gasteiger partial charge is 0.321 e. The summed E-state index contributed by atoms with van der Waals surface area (Å²) in [4.78, 5) is 16.0. The minimum atomic E-state index is -0.407. The molecule has 3 rings (SSSR count). The molecule has 0 aromatic heterocycles. The van der Waals surface area contributed by atoms with Gasteiger partial charge < -0.3 is 20.2 Å². The summed E-state index contributed by atoms with van der Waals surface area (Å²) < 4.78 is 0. The Morgan fingerprint density at radius 3 is 2.64 bits per heavy atom. The number of amides is 2. The average Bonchev–Trinajstić information content (AvgIpc) is 2.95. The molecule has 2 aliphatic rings. The number of likely N-dealkylation sites (tertiary alicyclic amines) is 1. The highest BCUT2D eigenvalue weighted by atomic mass is 35.5. The van der Waals surface area contributed by atoms with Gasteiger partial charge in [-0.3, -0.25) is 0 Å². The zero-order chi connectivity index (χ0) is 15.5. The molecule has 0 aliphatic carbocycles. The number of nitrogens with zero attached hydrogens (tertiary/aromatic N) is 2. The first kappa shape index (κ1) is 15.4. The normalized spacial score (nSPS) is 22.0. The number of hydrogen-bond donors (Lipinski definition) is 2. The van der Waals surface area contributed by atoms with E-state index in [1.807, 2.05) is 12.1 Å². The number of benzene rings is 1. The topological polar surface area (TPSA) is 55.8 Å². The van der Waals surface area contributed by atoms with Gasteiger partial charge in [0.15, 0.2) is 0 Å². The Labute approximate surface area is 135 Å². The Bertz CT molecular complexity index is 546. The van der Waals surface area contributed by atoms with Crippen molar-refractivity contribution in [3.63, 3.8) is 0 Å². The Morgan fingerprint density at radius 2 is 2.00 bits per heavy atom. The van der Waals surface area contributed by atoms with E-state index < -0.39 is 6.10 Å². The Hall–Kier alpha value is -1.46. The lowest BCUT2D eigenvalue weighted by Gasteiger charge is -2.29. The minimum Gasteiger partial charge on any atom is -0.391 e. The lowest BCUT2D eigenvalue weighted by Crippen LogP contribution is -2.33. The molecule has 0 unspecified atom stereocenters. The van der Waals surface area contributed by atoms with Gasteiger partial charge in [0.05, 0.1) is 16.8 Å². The highest BCUT2D eigenvalue weighted by molar-refractivity contribution is 6.33. The van der Waals surface area contributed by atoms with Gasteiger partial charge in [0.2, 0.25) is 0 Å². The fourth-order valence-electron chi connectivity index (χ4n) is 3.10. The van der Waals surface area contributed by atoms with Gasteiger partial charge in [-0.2, -0.15) is 0 Å². The molecule has 0 bridgehead atoms. The van der Waals surface area contributed by atoms with Crippen LogP contribution >= 0.6 is 11.6 Å². The van der Waals surface area contributed by atoms with Crippen molar-refractivity contribution < 1.29 is 9.90 Å². The zero-order valence-corrected chi connectivity index (χ0v) is 13.4. The van der Waals surface area contributed by atoms with Gasteiger partial charge in [0, 0.05) is 31.9 Å². The van der Waals surface area contributed by atoms with Crippen LogP contribution in [0.2, 0.25) is 5.02 Å². The molecular formula is C16H22ClN3O2. The van der Waals surface area contributed by atoms with Gasteiger partial charge >= 0.3 is 6.03 Å². The Morgan fingerprint density at radius 1 is 1.23 bits per heavy atom. The van der Waals surface area contributed by atoms with Crippen molar-refractivity contribution >= 4 is 29.0 Å². The third kappa shape index (κ3) is 3.47. The number of carbonyl (C=O) groups excluding carboxylic acids is 1. The second-order valence-corrected chi connectivity index (χ2v) is 6.44. The molecule has 0 radical (unpaired) electrons. The molecule has 2 amide bonds. The number of hydrogen-bond acceptors (Lipinski definition) is 3. The van der Waals surface area contributed by atoms with Crippen molar-refractivity contribution in [3.8, 4) is 0 Å². The van der Waals surface area contributed by atoms with Gasteiger partial charge in [0.1, 0.15) is 0 Å². The van der Waals surface area contributed by atoms with Gasteiger partial charge in [-0.15, -0.1) is 0 Å². The summed E-state index contributed by atoms with van der Waals surface area (Å²) in [5.74, 6) is 0. The second kappa shape index (κ2) is 6.75. The molecule has 1 aromatic carbocycles. The number of rotatable bonds is 2. The molecule has 6 heteroatoms. The molecule has 1 atom stereocenters. The molecule has 2 aliphatic heterocycles. The Kier molecular flexibility index (Phi) is 4.74. The van der Waals surface area contributed by atoms with Gasteiger partial charge in [0.25, 0.3) is 0 Å². The number of piperidine rings is 1. The summed E-state index contributed by atoms with van der Waals surface area (Å²) in [7, 11) is 0. The number of nitrogens with one attached hydrogen (secondary N) is 1. The number of aliphatic hydroxyl groups excluding tert-OH is 1. The summed E-state index contributed by atoms with van der Waals surface area (Å²) in [5.41, 5.74) is 1.73. The van der Waals surface area contributed by atoms with E-state index in [9.17, 15) is 9.90 Å². The monoisotopic (exact) mass is 323 g/mol. The van der Waals surface area contributed by atoms with Crippen LogP contribution in [0.1, 0.15) is 25.7 Å². The molecule has 2 fully saturated rings. The van der Waals surface area contributed by atoms with E-state index in [0.717, 1.165) is 18.8 Å². The maximum atomic E-state index is 12.1. The van der Waals surface area contributed by atoms with Crippen LogP contribution in [0.3, 0.4) is 0 Å². The zero-order valence-electron chi connectivity index (χ0n) is 12.6. The van der Waals surface area contributed by atoms with E-state index in [1.165, 1.54) is 19.3 Å². The van der Waals surface area contributed by atoms with E-state index in [1.54, 1.807) is 11.0 Å². The van der Waals surface area contributed by atoms with Gasteiger partial charge in [-0.25, -0.2) is 4.79 Å². The summed E-state index contributed by atoms with van der Waals surface area (Å²) in [5, 5.41) is 13.0. The van der Waals surface area contributed by atoms with Gasteiger partial charge in [-0.1, -0.05) is 11.6 Å². The fraction of sp³-hybridized carbons (Fsp3) is 0.562. The molecule has 0 spiro atoms. The first-order valence-electron chi connectivity index (χ1n) is 7.92. The van der Waals surface area contributed by atoms with Gasteiger partial charge in [-0.05, 0) is 43.9 Å². The molecule has 2 saturated heterocycles. The molecular weight excluding hydrogens is 302 g/mol. The van der Waals surface area contributed by atoms with E-state index in [2.05, 4.69) is 10.2 Å². The molecule has 2 N–H and O–H groups in total. The standard InChI is InChI=1S/C16H22ClN3O2/c17-14-10-12(18-16(22)20-9-6-13(21)11-20)4-5-15(14)19-7-2-1-3-8-19/h4-5,10,13,21H,1-3,6-9,11H2,(H,18,22)/t13-/m1/s1. The lowest BCUT2D eigenvalue weighted by atomic mass is 10.1. The molecule has 22 heavy (non-hydrogen) atoms. The quantitative estimate of drug-likeness (QED) is 0.880. The van der Waals surface area contributed by atoms with Crippen molar-refractivity contribution in [2.45, 2.75) is 31.8 Å². The molecule has 2 heterocycles. The number of halogens is 1. The summed E-state index contributed by atoms with van der Waals surface area (Å²) >= 11 is 6.38. The number of aliphatic hydroxyl groups is 1. The molecule has 1 aromatic rings. The molecule has 0 saturated carbocycles. The van der Waals surface area contributed by atoms with Crippen molar-refractivity contribution in [1.82, 2.24) is 4.90 Å². The van der Waals surface area contributed by atoms with Crippen LogP contribution in [0.15, 0.2) is 18.2 Å². The first-order chi connectivity index (χ1) is 10.6. The van der Waals surface area contributed by atoms with E-state index in [4.69, 9.17) is 11.6 Å². The first-order valence-corrected chi connectivity index (χ1v) is 8.30. The maximum Gasteiger partial charge on any atom is 0.321 e. The van der Waals surface area contributed by atoms with Crippen LogP contribution in [0.5, 0.6) is 0 Å². The van der Waals surface area contributed by atoms with Crippen LogP contribution < -0.4 is 10.2 Å². The second-order valence-electron chi connectivity index (χ2n) is 6.03. The number of carbonyl (C=O) groups is 1. The summed E-state index contributed by atoms with van der Waals surface area (Å²) in [6.45, 7) is 3.06. The highest BCUT2D eigenvalue weighted by Gasteiger charge is 2.24. The third-order valence-corrected chi connectivity index (χ3v) is 4.65. The van der Waals surface area contributed by atoms with Crippen molar-refractivity contribution in [3.05, 3.63) is 23.2 Å². The maximum absolute atomic E-state index is 12.1. The van der Waals surface area contributed by atoms with E-state index in [-0.39, 0.29) is 6.03 Å². The predicted octanol–water partition coefficient (Wildman–Crippen LogP) is 2.93. The SMILES string of the molecule is O=C(Nc1ccc(N2CCCCC2)c(Cl)c1)N1CC[C@@H](O)C1. The number of β-amino-alcohol motifs (C(OH)–C–C–N with tert-alkyl or cyclic N) is 1. The lowest BCUT2D eigenvalue weighted by molar-refractivity contribution is 0.176. The predicted molar refractivity (Wildman–Crippen MR) is 88.7 cm³/mol. The highest BCUT2D eigenvalue weighted by Crippen LogP contribution is 2.31. The fourth-order valence-corrected chi connectivity index (χ4v) is 3.40. The van der Waals surface area contributed by atoms with Crippen molar-refractivity contribution in [1.29, 1.82) is 0 Å². The Balaban J connectivity index is 1.65. The van der Waals surface area contributed by atoms with E-state index in [0.29, 0.717) is 30.2 Å². The minimum absolute atomic E-state index is 0.182. The molecule has 120 valence electrons. The average molecular weight is 324 g/mol. The van der Waals surface area contributed by atoms with Crippen LogP contribution in [0.4, 0.5) is 16.2 Å². The number of urea groups is 1. The molecule has 5 nitrogen and oxygen atoms in total. The largest absolute Gasteiger partial charge is 0.391 e. The number of anilines is 2. The van der Waals surface area contributed by atoms with Crippen molar-refractivity contribution in [2.24, 2.45) is 0 Å². The van der Waals surface area contributed by atoms with Crippen LogP contribution in [-0.4, -0.2) is 48.3 Å². The summed E-state index contributed by atoms with van der Waals surface area (Å²) in [6.07, 6.45) is 3.92. The summed E-state index contributed by atoms with van der Waals surface area (Å²) in [6, 6.07) is 5.48.